The van der Waals surface area contributed by atoms with E-state index in [-0.39, 0.29) is 0 Å². The van der Waals surface area contributed by atoms with Gasteiger partial charge in [0.2, 0.25) is 0 Å². The van der Waals surface area contributed by atoms with E-state index in [1.54, 1.807) is 6.26 Å². The summed E-state index contributed by atoms with van der Waals surface area (Å²) in [6.45, 7) is 4.93. The number of aromatic nitrogens is 2. The van der Waals surface area contributed by atoms with Gasteiger partial charge in [-0.2, -0.15) is 0 Å². The molecule has 3 rings (SSSR count). The molecule has 0 saturated heterocycles. The predicted octanol–water partition coefficient (Wildman–Crippen LogP) is 3.62. The highest BCUT2D eigenvalue weighted by atomic mass is 16.3. The molecule has 2 heterocycles. The number of hydrogen-bond acceptors (Lipinski definition) is 3. The van der Waals surface area contributed by atoms with Crippen molar-refractivity contribution in [2.24, 2.45) is 0 Å². The van der Waals surface area contributed by atoms with Gasteiger partial charge in [-0.1, -0.05) is 19.1 Å². The molecule has 1 aromatic carbocycles. The zero-order valence-electron chi connectivity index (χ0n) is 12.4. The van der Waals surface area contributed by atoms with Gasteiger partial charge in [0.15, 0.2) is 0 Å². The van der Waals surface area contributed by atoms with Crippen molar-refractivity contribution in [2.45, 2.75) is 39.3 Å². The van der Waals surface area contributed by atoms with Crippen LogP contribution in [0.15, 0.2) is 41.0 Å². The molecule has 1 unspecified atom stereocenters. The van der Waals surface area contributed by atoms with Crippen molar-refractivity contribution in [1.29, 1.82) is 0 Å². The first-order valence-electron chi connectivity index (χ1n) is 7.37. The smallest absolute Gasteiger partial charge is 0.112 e. The minimum atomic E-state index is -0.587. The molecular weight excluding hydrogens is 264 g/mol. The van der Waals surface area contributed by atoms with E-state index in [2.05, 4.69) is 22.5 Å². The lowest BCUT2D eigenvalue weighted by molar-refractivity contribution is 0.172. The van der Waals surface area contributed by atoms with E-state index in [9.17, 15) is 5.11 Å². The lowest BCUT2D eigenvalue weighted by atomic mass is 10.1. The molecule has 4 heteroatoms. The van der Waals surface area contributed by atoms with Crippen LogP contribution in [-0.2, 0) is 13.0 Å². The lowest BCUT2D eigenvalue weighted by Gasteiger charge is -2.12. The molecule has 110 valence electrons. The summed E-state index contributed by atoms with van der Waals surface area (Å²) in [6.07, 6.45) is 2.56. The summed E-state index contributed by atoms with van der Waals surface area (Å²) in [4.78, 5) is 4.68. The second kappa shape index (κ2) is 5.74. The van der Waals surface area contributed by atoms with E-state index >= 15 is 0 Å². The number of aliphatic hydroxyl groups is 1. The molecule has 0 aliphatic carbocycles. The second-order valence-electron chi connectivity index (χ2n) is 5.32. The molecule has 0 fully saturated rings. The van der Waals surface area contributed by atoms with Crippen LogP contribution >= 0.6 is 0 Å². The molecule has 4 nitrogen and oxygen atoms in total. The van der Waals surface area contributed by atoms with Crippen molar-refractivity contribution in [2.75, 3.05) is 0 Å². The SMILES string of the molecule is CCCn1c(CC(O)c2ccoc2C)nc2ccccc21. The monoisotopic (exact) mass is 284 g/mol. The van der Waals surface area contributed by atoms with Gasteiger partial charge < -0.3 is 14.1 Å². The third kappa shape index (κ3) is 2.59. The Morgan fingerprint density at radius 3 is 2.81 bits per heavy atom. The highest BCUT2D eigenvalue weighted by Crippen LogP contribution is 2.24. The average molecular weight is 284 g/mol. The van der Waals surface area contributed by atoms with Crippen LogP contribution in [0.2, 0.25) is 0 Å². The summed E-state index contributed by atoms with van der Waals surface area (Å²) in [7, 11) is 0. The fourth-order valence-corrected chi connectivity index (χ4v) is 2.78. The summed E-state index contributed by atoms with van der Waals surface area (Å²) in [5.41, 5.74) is 2.95. The molecule has 21 heavy (non-hydrogen) atoms. The number of aryl methyl sites for hydroxylation is 2. The van der Waals surface area contributed by atoms with E-state index in [0.717, 1.165) is 41.1 Å². The Labute approximate surface area is 124 Å². The maximum atomic E-state index is 10.4. The normalized spacial score (nSPS) is 12.9. The Bertz CT molecular complexity index is 742. The molecular formula is C17H20N2O2. The Kier molecular flexibility index (Phi) is 3.80. The van der Waals surface area contributed by atoms with Crippen molar-refractivity contribution in [3.05, 3.63) is 53.7 Å². The third-order valence-electron chi connectivity index (χ3n) is 3.81. The zero-order valence-corrected chi connectivity index (χ0v) is 12.4. The van der Waals surface area contributed by atoms with Crippen LogP contribution < -0.4 is 0 Å². The van der Waals surface area contributed by atoms with Gasteiger partial charge >= 0.3 is 0 Å². The van der Waals surface area contributed by atoms with Crippen molar-refractivity contribution in [3.63, 3.8) is 0 Å². The number of fused-ring (bicyclic) bond motifs is 1. The first-order chi connectivity index (χ1) is 10.2. The summed E-state index contributed by atoms with van der Waals surface area (Å²) in [5, 5.41) is 10.4. The Morgan fingerprint density at radius 1 is 1.29 bits per heavy atom. The van der Waals surface area contributed by atoms with E-state index in [1.165, 1.54) is 0 Å². The van der Waals surface area contributed by atoms with E-state index in [1.807, 2.05) is 31.2 Å². The first-order valence-corrected chi connectivity index (χ1v) is 7.37. The number of imidazole rings is 1. The maximum Gasteiger partial charge on any atom is 0.112 e. The molecule has 2 aromatic heterocycles. The van der Waals surface area contributed by atoms with Crippen LogP contribution in [0.1, 0.15) is 36.6 Å². The Hall–Kier alpha value is -2.07. The molecule has 1 atom stereocenters. The van der Waals surface area contributed by atoms with E-state index in [0.29, 0.717) is 6.42 Å². The van der Waals surface area contributed by atoms with Gasteiger partial charge in [-0.25, -0.2) is 4.98 Å². The van der Waals surface area contributed by atoms with Crippen LogP contribution in [0.4, 0.5) is 0 Å². The first kappa shape index (κ1) is 13.9. The number of nitrogens with zero attached hydrogens (tertiary/aromatic N) is 2. The lowest BCUT2D eigenvalue weighted by Crippen LogP contribution is -2.09. The van der Waals surface area contributed by atoms with E-state index in [4.69, 9.17) is 4.42 Å². The van der Waals surface area contributed by atoms with Crippen LogP contribution in [0.3, 0.4) is 0 Å². The number of furan rings is 1. The molecule has 0 bridgehead atoms. The summed E-state index contributed by atoms with van der Waals surface area (Å²) in [5.74, 6) is 1.69. The van der Waals surface area contributed by atoms with Crippen LogP contribution in [-0.4, -0.2) is 14.7 Å². The number of aliphatic hydroxyl groups excluding tert-OH is 1. The van der Waals surface area contributed by atoms with Crippen molar-refractivity contribution >= 4 is 11.0 Å². The highest BCUT2D eigenvalue weighted by Gasteiger charge is 2.18. The summed E-state index contributed by atoms with van der Waals surface area (Å²) in [6, 6.07) is 9.94. The second-order valence-corrected chi connectivity index (χ2v) is 5.32. The summed E-state index contributed by atoms with van der Waals surface area (Å²) >= 11 is 0. The highest BCUT2D eigenvalue weighted by molar-refractivity contribution is 5.75. The number of benzene rings is 1. The summed E-state index contributed by atoms with van der Waals surface area (Å²) < 4.78 is 7.48. The minimum absolute atomic E-state index is 0.495. The van der Waals surface area contributed by atoms with Crippen LogP contribution in [0.5, 0.6) is 0 Å². The fourth-order valence-electron chi connectivity index (χ4n) is 2.78. The molecule has 1 N–H and O–H groups in total. The van der Waals surface area contributed by atoms with Gasteiger partial charge in [-0.15, -0.1) is 0 Å². The molecule has 0 amide bonds. The van der Waals surface area contributed by atoms with Gasteiger partial charge in [-0.3, -0.25) is 0 Å². The van der Waals surface area contributed by atoms with Gasteiger partial charge in [0.25, 0.3) is 0 Å². The van der Waals surface area contributed by atoms with Gasteiger partial charge in [-0.05, 0) is 31.5 Å². The van der Waals surface area contributed by atoms with Crippen molar-refractivity contribution in [3.8, 4) is 0 Å². The third-order valence-corrected chi connectivity index (χ3v) is 3.81. The largest absolute Gasteiger partial charge is 0.469 e. The molecule has 3 aromatic rings. The maximum absolute atomic E-state index is 10.4. The van der Waals surface area contributed by atoms with Crippen LogP contribution in [0, 0.1) is 6.92 Å². The topological polar surface area (TPSA) is 51.2 Å². The predicted molar refractivity (Wildman–Crippen MR) is 82.1 cm³/mol. The minimum Gasteiger partial charge on any atom is -0.469 e. The molecule has 0 spiro atoms. The van der Waals surface area contributed by atoms with Crippen molar-refractivity contribution < 1.29 is 9.52 Å². The fraction of sp³-hybridized carbons (Fsp3) is 0.353. The molecule has 0 radical (unpaired) electrons. The quantitative estimate of drug-likeness (QED) is 0.778. The number of hydrogen-bond donors (Lipinski definition) is 1. The van der Waals surface area contributed by atoms with Gasteiger partial charge in [0.1, 0.15) is 11.6 Å². The molecule has 0 aliphatic rings. The van der Waals surface area contributed by atoms with Crippen LogP contribution in [0.25, 0.3) is 11.0 Å². The molecule has 0 saturated carbocycles. The van der Waals surface area contributed by atoms with Gasteiger partial charge in [0, 0.05) is 18.5 Å². The average Bonchev–Trinajstić information content (AvgIpc) is 3.04. The zero-order chi connectivity index (χ0) is 14.8. The molecule has 0 aliphatic heterocycles. The van der Waals surface area contributed by atoms with Gasteiger partial charge in [0.05, 0.1) is 23.4 Å². The Morgan fingerprint density at radius 2 is 2.10 bits per heavy atom. The number of para-hydroxylation sites is 2. The number of rotatable bonds is 5. The van der Waals surface area contributed by atoms with Crippen molar-refractivity contribution in [1.82, 2.24) is 9.55 Å². The van der Waals surface area contributed by atoms with E-state index < -0.39 is 6.10 Å². The standard InChI is InChI=1S/C17H20N2O2/c1-3-9-19-15-7-5-4-6-14(15)18-17(19)11-16(20)13-8-10-21-12(13)2/h4-8,10,16,20H,3,9,11H2,1-2H3. The Balaban J connectivity index is 1.96.